The zero-order chi connectivity index (χ0) is 7.98. The van der Waals surface area contributed by atoms with E-state index in [1.165, 1.54) is 0 Å². The minimum Gasteiger partial charge on any atom is -1.00 e. The number of rotatable bonds is 3. The molecule has 62 valence electrons. The van der Waals surface area contributed by atoms with Crippen molar-refractivity contribution in [3.8, 4) is 0 Å². The van der Waals surface area contributed by atoms with Crippen LogP contribution in [-0.2, 0) is 18.0 Å². The molecule has 0 heterocycles. The quantitative estimate of drug-likeness (QED) is 0.289. The molecule has 0 aromatic heterocycles. The van der Waals surface area contributed by atoms with Crippen LogP contribution in [0.15, 0.2) is 0 Å². The molecule has 0 rings (SSSR count). The molecule has 0 aromatic carbocycles. The van der Waals surface area contributed by atoms with E-state index in [0.717, 1.165) is 0 Å². The normalized spacial score (nSPS) is 7.17. The molecule has 0 saturated carbocycles. The van der Waals surface area contributed by atoms with E-state index >= 15 is 0 Å². The summed E-state index contributed by atoms with van der Waals surface area (Å²) >= 11 is 6.45. The molecule has 0 saturated heterocycles. The van der Waals surface area contributed by atoms with Crippen molar-refractivity contribution in [1.82, 2.24) is 0 Å². The number of hydrogen-bond donors (Lipinski definition) is 2. The van der Waals surface area contributed by atoms with E-state index in [1.807, 2.05) is 0 Å². The van der Waals surface area contributed by atoms with Crippen LogP contribution in [0.1, 0.15) is 15.7 Å². The van der Waals surface area contributed by atoms with Crippen molar-refractivity contribution < 1.29 is 79.9 Å². The van der Waals surface area contributed by atoms with E-state index in [2.05, 4.69) is 34.2 Å². The van der Waals surface area contributed by atoms with Crippen molar-refractivity contribution in [2.75, 3.05) is 0 Å². The second-order valence-electron chi connectivity index (χ2n) is 1.43. The third kappa shape index (κ3) is 11.6. The maximum absolute atomic E-state index is 10.3. The first-order chi connectivity index (χ1) is 4.70. The third-order valence-corrected chi connectivity index (χ3v) is 1.14. The summed E-state index contributed by atoms with van der Waals surface area (Å²) in [6.45, 7) is 0. The Morgan fingerprint density at radius 1 is 1.00 bits per heavy atom. The summed E-state index contributed by atoms with van der Waals surface area (Å²) in [4.78, 5) is 20.6. The van der Waals surface area contributed by atoms with E-state index in [4.69, 9.17) is 0 Å². The molecule has 0 N–H and O–H groups in total. The molecule has 0 bridgehead atoms. The number of hydrogen-bond acceptors (Lipinski definition) is 6. The minimum absolute atomic E-state index is 0. The van der Waals surface area contributed by atoms with Crippen LogP contribution < -0.4 is 59.1 Å². The standard InChI is InChI=1S/C4H6O4S2.2Na.2H/c5-3(7-9)1-2-4(6)8-10;;;;/h9-10H,1-2H2;;;;/q;2*+1;2*-1. The van der Waals surface area contributed by atoms with Crippen LogP contribution in [0.4, 0.5) is 0 Å². The van der Waals surface area contributed by atoms with Crippen molar-refractivity contribution in [1.29, 1.82) is 0 Å². The van der Waals surface area contributed by atoms with Gasteiger partial charge < -0.3 is 11.2 Å². The molecule has 0 spiro atoms. The molecule has 0 fully saturated rings. The van der Waals surface area contributed by atoms with Crippen molar-refractivity contribution in [3.63, 3.8) is 0 Å². The maximum atomic E-state index is 10.3. The zero-order valence-corrected chi connectivity index (χ0v) is 12.7. The molecular formula is C4H8Na2O4S2. The van der Waals surface area contributed by atoms with Gasteiger partial charge in [-0.1, -0.05) is 0 Å². The smallest absolute Gasteiger partial charge is 1.00 e. The Hall–Kier alpha value is 1.64. The fraction of sp³-hybridized carbons (Fsp3) is 0.500. The largest absolute Gasteiger partial charge is 1.00 e. The summed E-state index contributed by atoms with van der Waals surface area (Å²) in [6, 6.07) is 0. The molecule has 0 amide bonds. The molecule has 0 atom stereocenters. The average molecular weight is 230 g/mol. The van der Waals surface area contributed by atoms with Crippen molar-refractivity contribution in [2.24, 2.45) is 0 Å². The van der Waals surface area contributed by atoms with Crippen LogP contribution in [0, 0.1) is 0 Å². The van der Waals surface area contributed by atoms with Crippen LogP contribution >= 0.6 is 25.8 Å². The van der Waals surface area contributed by atoms with Gasteiger partial charge in [0.1, 0.15) is 0 Å². The Labute approximate surface area is 129 Å². The fourth-order valence-electron chi connectivity index (χ4n) is 0.295. The number of carbonyl (C=O) groups excluding carboxylic acids is 2. The Morgan fingerprint density at radius 3 is 1.42 bits per heavy atom. The second-order valence-corrected chi connectivity index (χ2v) is 1.79. The Bertz CT molecular complexity index is 135. The van der Waals surface area contributed by atoms with E-state index < -0.39 is 11.9 Å². The molecule has 8 heteroatoms. The Balaban J connectivity index is -0.0000000675. The monoisotopic (exact) mass is 230 g/mol. The molecular weight excluding hydrogens is 222 g/mol. The third-order valence-electron chi connectivity index (χ3n) is 0.737. The summed E-state index contributed by atoms with van der Waals surface area (Å²) in [7, 11) is 0. The van der Waals surface area contributed by atoms with Crippen LogP contribution in [-0.4, -0.2) is 11.9 Å². The van der Waals surface area contributed by atoms with Gasteiger partial charge in [0.25, 0.3) is 0 Å². The van der Waals surface area contributed by atoms with Gasteiger partial charge in [0, 0.05) is 25.8 Å². The number of thiol groups is 2. The van der Waals surface area contributed by atoms with Gasteiger partial charge in [-0.3, -0.25) is 9.59 Å². The molecule has 0 aromatic rings. The summed E-state index contributed by atoms with van der Waals surface area (Å²) in [6.07, 6.45) is -0.0776. The van der Waals surface area contributed by atoms with Crippen LogP contribution in [0.5, 0.6) is 0 Å². The SMILES string of the molecule is O=C(CCC(=O)OS)OS.[H-].[H-].[Na+].[Na+]. The first kappa shape index (κ1) is 19.2. The van der Waals surface area contributed by atoms with Crippen molar-refractivity contribution in [2.45, 2.75) is 12.8 Å². The molecule has 0 unspecified atom stereocenters. The summed E-state index contributed by atoms with van der Waals surface area (Å²) in [5.41, 5.74) is 0. The molecule has 4 nitrogen and oxygen atoms in total. The van der Waals surface area contributed by atoms with Crippen molar-refractivity contribution >= 4 is 37.8 Å². The first-order valence-corrected chi connectivity index (χ1v) is 3.12. The Morgan fingerprint density at radius 2 is 1.25 bits per heavy atom. The predicted molar refractivity (Wildman–Crippen MR) is 41.6 cm³/mol. The van der Waals surface area contributed by atoms with Gasteiger partial charge in [0.15, 0.2) is 0 Å². The van der Waals surface area contributed by atoms with E-state index in [1.54, 1.807) is 0 Å². The molecule has 0 aliphatic carbocycles. The predicted octanol–water partition coefficient (Wildman–Crippen LogP) is -5.22. The van der Waals surface area contributed by atoms with Gasteiger partial charge in [-0.05, 0) is 0 Å². The van der Waals surface area contributed by atoms with Gasteiger partial charge in [0.05, 0.1) is 12.8 Å². The van der Waals surface area contributed by atoms with E-state index in [0.29, 0.717) is 0 Å². The molecule has 0 radical (unpaired) electrons. The van der Waals surface area contributed by atoms with Crippen LogP contribution in [0.3, 0.4) is 0 Å². The van der Waals surface area contributed by atoms with Gasteiger partial charge in [0.2, 0.25) is 0 Å². The minimum atomic E-state index is -0.568. The summed E-state index contributed by atoms with van der Waals surface area (Å²) in [5, 5.41) is 0. The average Bonchev–Trinajstić information content (AvgIpc) is 1.99. The van der Waals surface area contributed by atoms with Gasteiger partial charge in [-0.15, -0.1) is 0 Å². The van der Waals surface area contributed by atoms with E-state index in [-0.39, 0.29) is 74.8 Å². The Kier molecular flexibility index (Phi) is 20.3. The maximum Gasteiger partial charge on any atom is 1.00 e. The zero-order valence-electron chi connectivity index (χ0n) is 8.94. The summed E-state index contributed by atoms with van der Waals surface area (Å²) < 4.78 is 7.94. The van der Waals surface area contributed by atoms with E-state index in [9.17, 15) is 9.59 Å². The first-order valence-electron chi connectivity index (χ1n) is 2.39. The van der Waals surface area contributed by atoms with Gasteiger partial charge in [-0.25, -0.2) is 0 Å². The fourth-order valence-corrected chi connectivity index (χ4v) is 0.478. The second kappa shape index (κ2) is 12.6. The van der Waals surface area contributed by atoms with Gasteiger partial charge in [-0.2, -0.15) is 0 Å². The molecule has 12 heavy (non-hydrogen) atoms. The molecule has 0 aliphatic rings. The van der Waals surface area contributed by atoms with Crippen LogP contribution in [0.25, 0.3) is 0 Å². The van der Waals surface area contributed by atoms with Crippen molar-refractivity contribution in [3.05, 3.63) is 0 Å². The van der Waals surface area contributed by atoms with Crippen LogP contribution in [0.2, 0.25) is 0 Å². The van der Waals surface area contributed by atoms with Gasteiger partial charge >= 0.3 is 71.1 Å². The topological polar surface area (TPSA) is 52.6 Å². The molecule has 0 aliphatic heterocycles. The summed E-state index contributed by atoms with van der Waals surface area (Å²) in [5.74, 6) is -1.14. The number of carbonyl (C=O) groups is 2.